The molecule has 0 heterocycles. The SMILES string of the molecule is COc1cc(Nc2ccc(S(=O)(=O)NS(=O)(=O)c3ccccc3)cc2[N+](=O)[O-])ccc1N.Cc1ccccc1S(N)(=O)=O. The van der Waals surface area contributed by atoms with Crippen molar-refractivity contribution in [2.45, 2.75) is 21.6 Å². The van der Waals surface area contributed by atoms with Crippen molar-refractivity contribution in [3.05, 3.63) is 107 Å². The molecule has 0 unspecified atom stereocenters. The quantitative estimate of drug-likeness (QED) is 0.117. The largest absolute Gasteiger partial charge is 0.495 e. The number of rotatable bonds is 9. The Bertz CT molecular complexity index is 1970. The maximum Gasteiger partial charge on any atom is 0.294 e. The summed E-state index contributed by atoms with van der Waals surface area (Å²) >= 11 is 0. The molecule has 0 atom stereocenters. The number of nitro groups is 1. The van der Waals surface area contributed by atoms with Gasteiger partial charge in [-0.2, -0.15) is 0 Å². The number of primary sulfonamides is 1. The predicted octanol–water partition coefficient (Wildman–Crippen LogP) is 3.24. The lowest BCUT2D eigenvalue weighted by atomic mass is 10.2. The fraction of sp³-hybridized carbons (Fsp3) is 0.0769. The average molecular weight is 650 g/mol. The fourth-order valence-electron chi connectivity index (χ4n) is 3.60. The van der Waals surface area contributed by atoms with Gasteiger partial charge in [0.2, 0.25) is 10.0 Å². The van der Waals surface area contributed by atoms with E-state index >= 15 is 0 Å². The van der Waals surface area contributed by atoms with E-state index in [9.17, 15) is 35.4 Å². The molecule has 14 nitrogen and oxygen atoms in total. The highest BCUT2D eigenvalue weighted by molar-refractivity contribution is 8.04. The summed E-state index contributed by atoms with van der Waals surface area (Å²) in [6, 6.07) is 21.0. The van der Waals surface area contributed by atoms with Gasteiger partial charge in [-0.3, -0.25) is 10.1 Å². The minimum atomic E-state index is -4.63. The third-order valence-electron chi connectivity index (χ3n) is 5.66. The zero-order valence-electron chi connectivity index (χ0n) is 22.7. The zero-order chi connectivity index (χ0) is 32.0. The van der Waals surface area contributed by atoms with Gasteiger partial charge in [0.15, 0.2) is 0 Å². The molecular weight excluding hydrogens is 623 g/mol. The number of sulfonamides is 3. The van der Waals surface area contributed by atoms with Crippen molar-refractivity contribution in [3.63, 3.8) is 0 Å². The Hall–Kier alpha value is -4.55. The Kier molecular flexibility index (Phi) is 10.1. The number of methoxy groups -OCH3 is 1. The van der Waals surface area contributed by atoms with E-state index < -0.39 is 45.6 Å². The first-order valence-corrected chi connectivity index (χ1v) is 16.5. The van der Waals surface area contributed by atoms with Gasteiger partial charge in [-0.05, 0) is 55.0 Å². The van der Waals surface area contributed by atoms with Gasteiger partial charge in [-0.1, -0.05) is 36.4 Å². The molecule has 0 aliphatic rings. The summed E-state index contributed by atoms with van der Waals surface area (Å²) in [6.45, 7) is 1.71. The monoisotopic (exact) mass is 649 g/mol. The van der Waals surface area contributed by atoms with Gasteiger partial charge in [0, 0.05) is 17.8 Å². The number of anilines is 3. The van der Waals surface area contributed by atoms with Crippen LogP contribution in [-0.2, 0) is 30.1 Å². The first-order chi connectivity index (χ1) is 20.0. The minimum Gasteiger partial charge on any atom is -0.495 e. The Morgan fingerprint density at radius 2 is 1.40 bits per heavy atom. The molecule has 0 spiro atoms. The van der Waals surface area contributed by atoms with Crippen molar-refractivity contribution < 1.29 is 34.9 Å². The number of nitrogen functional groups attached to an aromatic ring is 1. The molecule has 0 bridgehead atoms. The van der Waals surface area contributed by atoms with Gasteiger partial charge in [0.05, 0.1) is 32.4 Å². The third-order valence-corrected chi connectivity index (χ3v) is 10.3. The summed E-state index contributed by atoms with van der Waals surface area (Å²) in [5, 5.41) is 19.3. The second kappa shape index (κ2) is 13.2. The van der Waals surface area contributed by atoms with E-state index in [1.165, 1.54) is 49.6 Å². The molecule has 0 saturated carbocycles. The normalized spacial score (nSPS) is 11.6. The topological polar surface area (TPSA) is 231 Å². The van der Waals surface area contributed by atoms with Gasteiger partial charge in [0.25, 0.3) is 25.7 Å². The van der Waals surface area contributed by atoms with Crippen LogP contribution < -0.4 is 25.1 Å². The fourth-order valence-corrected chi connectivity index (χ4v) is 7.34. The highest BCUT2D eigenvalue weighted by atomic mass is 32.3. The Balaban J connectivity index is 0.000000386. The standard InChI is InChI=1S/C19H18N4O7S2.C7H9NO2S/c1-30-19-11-13(7-9-16(19)20)21-17-10-8-15(12-18(17)23(24)25)32(28,29)22-31(26,27)14-5-3-2-4-6-14;1-6-4-2-3-5-7(6)11(8,9)10/h2-12,21-22H,20H2,1H3;2-5H,1H3,(H2,8,9,10). The molecule has 6 N–H and O–H groups in total. The zero-order valence-corrected chi connectivity index (χ0v) is 25.1. The lowest BCUT2D eigenvalue weighted by Gasteiger charge is -2.12. The minimum absolute atomic E-state index is 0.0216. The van der Waals surface area contributed by atoms with Crippen molar-refractivity contribution in [3.8, 4) is 5.75 Å². The number of nitrogens with zero attached hydrogens (tertiary/aromatic N) is 1. The molecule has 17 heteroatoms. The Morgan fingerprint density at radius 3 is 1.95 bits per heavy atom. The summed E-state index contributed by atoms with van der Waals surface area (Å²) in [5.74, 6) is 0.340. The molecule has 0 aliphatic carbocycles. The van der Waals surface area contributed by atoms with E-state index in [-0.39, 0.29) is 15.5 Å². The van der Waals surface area contributed by atoms with E-state index in [1.807, 2.05) is 0 Å². The second-order valence-electron chi connectivity index (χ2n) is 8.73. The predicted molar refractivity (Wildman–Crippen MR) is 160 cm³/mol. The first kappa shape index (κ1) is 33.0. The van der Waals surface area contributed by atoms with Crippen LogP contribution in [0.3, 0.4) is 0 Å². The van der Waals surface area contributed by atoms with Gasteiger partial charge in [-0.25, -0.2) is 30.4 Å². The summed E-state index contributed by atoms with van der Waals surface area (Å²) in [7, 11) is -11.2. The number of nitrogens with one attached hydrogen (secondary N) is 2. The van der Waals surface area contributed by atoms with Crippen molar-refractivity contribution in [1.29, 1.82) is 0 Å². The van der Waals surface area contributed by atoms with Gasteiger partial charge in [0.1, 0.15) is 11.4 Å². The van der Waals surface area contributed by atoms with Crippen LogP contribution in [0.1, 0.15) is 5.56 Å². The molecule has 0 fully saturated rings. The van der Waals surface area contributed by atoms with Crippen LogP contribution in [0.4, 0.5) is 22.7 Å². The molecule has 43 heavy (non-hydrogen) atoms. The van der Waals surface area contributed by atoms with Crippen molar-refractivity contribution >= 4 is 52.8 Å². The third kappa shape index (κ3) is 8.49. The van der Waals surface area contributed by atoms with Crippen LogP contribution >= 0.6 is 0 Å². The molecule has 4 rings (SSSR count). The van der Waals surface area contributed by atoms with Crippen LogP contribution in [0, 0.1) is 17.0 Å². The Morgan fingerprint density at radius 1 is 0.791 bits per heavy atom. The van der Waals surface area contributed by atoms with Gasteiger partial charge in [-0.15, -0.1) is 4.13 Å². The van der Waals surface area contributed by atoms with Crippen molar-refractivity contribution in [2.24, 2.45) is 5.14 Å². The van der Waals surface area contributed by atoms with Crippen LogP contribution in [0.5, 0.6) is 5.75 Å². The molecule has 0 amide bonds. The molecule has 228 valence electrons. The van der Waals surface area contributed by atoms with Crippen LogP contribution in [0.2, 0.25) is 0 Å². The smallest absolute Gasteiger partial charge is 0.294 e. The number of nitro benzene ring substituents is 1. The molecule has 4 aromatic rings. The number of benzene rings is 4. The second-order valence-corrected chi connectivity index (χ2v) is 13.9. The van der Waals surface area contributed by atoms with Gasteiger partial charge >= 0.3 is 0 Å². The maximum atomic E-state index is 12.6. The van der Waals surface area contributed by atoms with E-state index in [0.717, 1.165) is 18.2 Å². The van der Waals surface area contributed by atoms with Crippen molar-refractivity contribution in [1.82, 2.24) is 4.13 Å². The Labute approximate surface area is 248 Å². The molecule has 4 aromatic carbocycles. The van der Waals surface area contributed by atoms with Crippen LogP contribution in [-0.4, -0.2) is 37.3 Å². The van der Waals surface area contributed by atoms with Crippen LogP contribution in [0.15, 0.2) is 106 Å². The number of nitrogens with two attached hydrogens (primary N) is 2. The summed E-state index contributed by atoms with van der Waals surface area (Å²) in [6.07, 6.45) is 0. The number of ether oxygens (including phenoxy) is 1. The molecule has 0 aliphatic heterocycles. The number of hydrogen-bond donors (Lipinski definition) is 4. The summed E-state index contributed by atoms with van der Waals surface area (Å²) in [4.78, 5) is 10.1. The van der Waals surface area contributed by atoms with E-state index in [2.05, 4.69) is 5.32 Å². The lowest BCUT2D eigenvalue weighted by Crippen LogP contribution is -2.30. The number of aryl methyl sites for hydroxylation is 1. The first-order valence-electron chi connectivity index (χ1n) is 12.0. The summed E-state index contributed by atoms with van der Waals surface area (Å²) in [5.41, 5.74) is 6.58. The van der Waals surface area contributed by atoms with E-state index in [0.29, 0.717) is 22.7 Å². The highest BCUT2D eigenvalue weighted by Crippen LogP contribution is 2.33. The molecular formula is C26H27N5O9S3. The van der Waals surface area contributed by atoms with Crippen molar-refractivity contribution in [2.75, 3.05) is 18.2 Å². The molecule has 0 radical (unpaired) electrons. The molecule has 0 aromatic heterocycles. The summed E-state index contributed by atoms with van der Waals surface area (Å²) < 4.78 is 78.4. The number of hydrogen-bond acceptors (Lipinski definition) is 11. The van der Waals surface area contributed by atoms with E-state index in [4.69, 9.17) is 15.6 Å². The maximum absolute atomic E-state index is 12.6. The lowest BCUT2D eigenvalue weighted by molar-refractivity contribution is -0.384. The average Bonchev–Trinajstić information content (AvgIpc) is 2.94. The molecule has 0 saturated heterocycles. The van der Waals surface area contributed by atoms with E-state index in [1.54, 1.807) is 41.4 Å². The highest BCUT2D eigenvalue weighted by Gasteiger charge is 2.27. The van der Waals surface area contributed by atoms with Crippen LogP contribution in [0.25, 0.3) is 0 Å². The van der Waals surface area contributed by atoms with Gasteiger partial charge < -0.3 is 15.8 Å².